The third-order valence-electron chi connectivity index (χ3n) is 3.18. The molecule has 0 saturated carbocycles. The molecule has 0 radical (unpaired) electrons. The van der Waals surface area contributed by atoms with Crippen molar-refractivity contribution < 1.29 is 4.84 Å². The highest BCUT2D eigenvalue weighted by Crippen LogP contribution is 2.22. The van der Waals surface area contributed by atoms with E-state index < -0.39 is 0 Å². The van der Waals surface area contributed by atoms with Crippen LogP contribution in [-0.4, -0.2) is 16.2 Å². The first-order chi connectivity index (χ1) is 11.8. The van der Waals surface area contributed by atoms with Crippen molar-refractivity contribution >= 4 is 23.3 Å². The first-order valence-electron chi connectivity index (χ1n) is 7.20. The van der Waals surface area contributed by atoms with Crippen LogP contribution in [-0.2, 0) is 0 Å². The lowest BCUT2D eigenvalue weighted by atomic mass is 10.2. The number of allylic oxidation sites excluding steroid dienone is 3. The minimum atomic E-state index is 0.150. The van der Waals surface area contributed by atoms with Crippen LogP contribution in [0.5, 0.6) is 5.88 Å². The van der Waals surface area contributed by atoms with Gasteiger partial charge in [-0.05, 0) is 18.2 Å². The van der Waals surface area contributed by atoms with Crippen LogP contribution in [0.2, 0.25) is 0 Å². The molecule has 0 amide bonds. The Morgan fingerprint density at radius 3 is 3.12 bits per heavy atom. The largest absolute Gasteiger partial charge is 0.379 e. The fourth-order valence-electron chi connectivity index (χ4n) is 2.00. The molecule has 0 unspecified atom stereocenters. The Morgan fingerprint density at radius 2 is 2.25 bits per heavy atom. The molecule has 0 bridgehead atoms. The van der Waals surface area contributed by atoms with E-state index >= 15 is 0 Å². The van der Waals surface area contributed by atoms with E-state index in [1.165, 1.54) is 0 Å². The second-order valence-electron chi connectivity index (χ2n) is 4.90. The second-order valence-corrected chi connectivity index (χ2v) is 4.90. The van der Waals surface area contributed by atoms with Crippen molar-refractivity contribution in [2.75, 3.05) is 11.2 Å². The molecule has 3 rings (SSSR count). The summed E-state index contributed by atoms with van der Waals surface area (Å²) in [6.07, 6.45) is 9.73. The Bertz CT molecular complexity index is 879. The SMILES string of the molecule is N#Cc1cccc(NOc2nc(C3=CN=CCC=C3)cnc2N)c1. The molecule has 24 heavy (non-hydrogen) atoms. The number of hydrogen-bond acceptors (Lipinski definition) is 7. The van der Waals surface area contributed by atoms with Crippen molar-refractivity contribution in [2.45, 2.75) is 6.42 Å². The molecule has 118 valence electrons. The number of nitrogens with zero attached hydrogens (tertiary/aromatic N) is 4. The van der Waals surface area contributed by atoms with Crippen molar-refractivity contribution in [2.24, 2.45) is 4.99 Å². The van der Waals surface area contributed by atoms with Crippen molar-refractivity contribution in [1.82, 2.24) is 9.97 Å². The summed E-state index contributed by atoms with van der Waals surface area (Å²) in [6, 6.07) is 8.92. The molecule has 7 heteroatoms. The van der Waals surface area contributed by atoms with Crippen LogP contribution in [0.3, 0.4) is 0 Å². The van der Waals surface area contributed by atoms with Gasteiger partial charge in [-0.1, -0.05) is 18.2 Å². The number of rotatable bonds is 4. The van der Waals surface area contributed by atoms with Crippen LogP contribution in [0.4, 0.5) is 11.5 Å². The van der Waals surface area contributed by atoms with Gasteiger partial charge in [-0.25, -0.2) is 15.4 Å². The first-order valence-corrected chi connectivity index (χ1v) is 7.20. The number of aromatic nitrogens is 2. The smallest absolute Gasteiger partial charge is 0.288 e. The third kappa shape index (κ3) is 3.56. The van der Waals surface area contributed by atoms with Crippen molar-refractivity contribution in [3.05, 3.63) is 60.1 Å². The van der Waals surface area contributed by atoms with Gasteiger partial charge in [0.15, 0.2) is 5.82 Å². The van der Waals surface area contributed by atoms with Gasteiger partial charge in [-0.2, -0.15) is 5.26 Å². The van der Waals surface area contributed by atoms with Crippen LogP contribution >= 0.6 is 0 Å². The van der Waals surface area contributed by atoms with Crippen LogP contribution in [0.25, 0.3) is 5.57 Å². The average Bonchev–Trinajstić information content (AvgIpc) is 2.90. The maximum atomic E-state index is 8.91. The van der Waals surface area contributed by atoms with Gasteiger partial charge in [0.1, 0.15) is 0 Å². The summed E-state index contributed by atoms with van der Waals surface area (Å²) in [4.78, 5) is 18.1. The predicted molar refractivity (Wildman–Crippen MR) is 92.1 cm³/mol. The van der Waals surface area contributed by atoms with Crippen LogP contribution < -0.4 is 16.1 Å². The van der Waals surface area contributed by atoms with Gasteiger partial charge in [-0.15, -0.1) is 0 Å². The van der Waals surface area contributed by atoms with E-state index in [1.54, 1.807) is 42.9 Å². The molecule has 0 spiro atoms. The number of aliphatic imine (C=N–C) groups is 1. The lowest BCUT2D eigenvalue weighted by Crippen LogP contribution is -2.10. The number of nitrogens with one attached hydrogen (secondary N) is 1. The zero-order valence-corrected chi connectivity index (χ0v) is 12.7. The predicted octanol–water partition coefficient (Wildman–Crippen LogP) is 2.71. The Morgan fingerprint density at radius 1 is 1.33 bits per heavy atom. The number of benzene rings is 1. The molecular formula is C17H14N6O. The Hall–Kier alpha value is -3.66. The molecule has 1 aliphatic heterocycles. The Labute approximate surface area is 138 Å². The fraction of sp³-hybridized carbons (Fsp3) is 0.0588. The molecule has 1 aliphatic rings. The minimum absolute atomic E-state index is 0.150. The maximum absolute atomic E-state index is 8.91. The molecule has 0 atom stereocenters. The lowest BCUT2D eigenvalue weighted by molar-refractivity contribution is 0.389. The van der Waals surface area contributed by atoms with E-state index in [-0.39, 0.29) is 11.7 Å². The van der Waals surface area contributed by atoms with Crippen LogP contribution in [0.1, 0.15) is 17.7 Å². The van der Waals surface area contributed by atoms with Gasteiger partial charge in [0.2, 0.25) is 0 Å². The molecule has 3 N–H and O–H groups in total. The molecule has 0 fully saturated rings. The fourth-order valence-corrected chi connectivity index (χ4v) is 2.00. The molecule has 0 aliphatic carbocycles. The van der Waals surface area contributed by atoms with E-state index in [0.717, 1.165) is 12.0 Å². The quantitative estimate of drug-likeness (QED) is 0.839. The summed E-state index contributed by atoms with van der Waals surface area (Å²) in [5, 5.41) is 8.91. The van der Waals surface area contributed by atoms with Crippen LogP contribution in [0, 0.1) is 11.3 Å². The normalized spacial score (nSPS) is 12.9. The number of anilines is 2. The monoisotopic (exact) mass is 318 g/mol. The zero-order valence-electron chi connectivity index (χ0n) is 12.7. The number of nitrogens with two attached hydrogens (primary N) is 1. The molecule has 1 aromatic heterocycles. The molecule has 7 nitrogen and oxygen atoms in total. The van der Waals surface area contributed by atoms with E-state index in [4.69, 9.17) is 15.8 Å². The van der Waals surface area contributed by atoms with Crippen LogP contribution in [0.15, 0.2) is 53.8 Å². The Kier molecular flexibility index (Phi) is 4.49. The van der Waals surface area contributed by atoms with Gasteiger partial charge >= 0.3 is 0 Å². The maximum Gasteiger partial charge on any atom is 0.288 e. The Balaban J connectivity index is 1.80. The van der Waals surface area contributed by atoms with Gasteiger partial charge < -0.3 is 10.6 Å². The molecule has 0 saturated heterocycles. The van der Waals surface area contributed by atoms with Gasteiger partial charge in [0.05, 0.1) is 29.2 Å². The average molecular weight is 318 g/mol. The summed E-state index contributed by atoms with van der Waals surface area (Å²) in [5.74, 6) is 0.307. The highest BCUT2D eigenvalue weighted by Gasteiger charge is 2.10. The summed E-state index contributed by atoms with van der Waals surface area (Å²) < 4.78 is 0. The van der Waals surface area contributed by atoms with Crippen molar-refractivity contribution in [1.29, 1.82) is 5.26 Å². The van der Waals surface area contributed by atoms with Crippen molar-refractivity contribution in [3.63, 3.8) is 0 Å². The highest BCUT2D eigenvalue weighted by molar-refractivity contribution is 5.76. The molecule has 2 aromatic rings. The number of nitriles is 1. The zero-order chi connectivity index (χ0) is 16.8. The standard InChI is InChI=1S/C17H14N6O/c18-9-12-4-3-6-14(8-12)23-24-17-16(19)21-11-15(22-17)13-5-1-2-7-20-10-13/h1,3-8,10-11,23H,2H2,(H2,19,21). The van der Waals surface area contributed by atoms with Gasteiger partial charge in [-0.3, -0.25) is 4.99 Å². The second kappa shape index (κ2) is 7.07. The number of hydrogen-bond donors (Lipinski definition) is 2. The summed E-state index contributed by atoms with van der Waals surface area (Å²) in [7, 11) is 0. The molecule has 1 aromatic carbocycles. The van der Waals surface area contributed by atoms with E-state index in [0.29, 0.717) is 16.9 Å². The summed E-state index contributed by atoms with van der Waals surface area (Å²) >= 11 is 0. The first kappa shape index (κ1) is 15.2. The molecular weight excluding hydrogens is 304 g/mol. The van der Waals surface area contributed by atoms with Crippen molar-refractivity contribution in [3.8, 4) is 11.9 Å². The van der Waals surface area contributed by atoms with E-state index in [1.807, 2.05) is 12.2 Å². The highest BCUT2D eigenvalue weighted by atomic mass is 16.7. The minimum Gasteiger partial charge on any atom is -0.379 e. The van der Waals surface area contributed by atoms with E-state index in [9.17, 15) is 0 Å². The topological polar surface area (TPSA) is 109 Å². The lowest BCUT2D eigenvalue weighted by Gasteiger charge is -2.10. The van der Waals surface area contributed by atoms with E-state index in [2.05, 4.69) is 26.5 Å². The molecule has 2 heterocycles. The van der Waals surface area contributed by atoms with Gasteiger partial charge in [0.25, 0.3) is 5.88 Å². The van der Waals surface area contributed by atoms with Gasteiger partial charge in [0, 0.05) is 24.4 Å². The number of nitrogen functional groups attached to an aromatic ring is 1. The summed E-state index contributed by atoms with van der Waals surface area (Å²) in [6.45, 7) is 0. The third-order valence-corrected chi connectivity index (χ3v) is 3.18. The summed E-state index contributed by atoms with van der Waals surface area (Å²) in [5.41, 5.74) is 11.1.